The van der Waals surface area contributed by atoms with Crippen molar-refractivity contribution in [2.24, 2.45) is 0 Å². The second-order valence-corrected chi connectivity index (χ2v) is 5.56. The first-order valence-electron chi connectivity index (χ1n) is 6.57. The Morgan fingerprint density at radius 1 is 1.21 bits per heavy atom. The number of rotatable bonds is 7. The highest BCUT2D eigenvalue weighted by atomic mass is 19.1. The van der Waals surface area contributed by atoms with E-state index >= 15 is 0 Å². The Hall–Kier alpha value is -1.13. The first-order valence-corrected chi connectivity index (χ1v) is 6.57. The lowest BCUT2D eigenvalue weighted by atomic mass is 10.1. The zero-order chi connectivity index (χ0) is 14.3. The number of nitrogens with one attached hydrogen (secondary N) is 1. The fraction of sp³-hybridized carbons (Fsp3) is 0.600. The Kier molecular flexibility index (Phi) is 6.25. The van der Waals surface area contributed by atoms with Crippen LogP contribution in [0.15, 0.2) is 18.2 Å². The van der Waals surface area contributed by atoms with Gasteiger partial charge in [-0.25, -0.2) is 4.39 Å². The third-order valence-corrected chi connectivity index (χ3v) is 2.57. The molecule has 108 valence electrons. The van der Waals surface area contributed by atoms with Gasteiger partial charge in [0.2, 0.25) is 0 Å². The maximum absolute atomic E-state index is 13.8. The van der Waals surface area contributed by atoms with Crippen LogP contribution in [0.25, 0.3) is 0 Å². The Bertz CT molecular complexity index is 388. The second kappa shape index (κ2) is 7.46. The summed E-state index contributed by atoms with van der Waals surface area (Å²) in [6, 6.07) is 5.08. The van der Waals surface area contributed by atoms with Crippen LogP contribution in [0.5, 0.6) is 5.75 Å². The Morgan fingerprint density at radius 2 is 1.95 bits per heavy atom. The van der Waals surface area contributed by atoms with Crippen LogP contribution < -0.4 is 10.1 Å². The van der Waals surface area contributed by atoms with Crippen molar-refractivity contribution in [1.82, 2.24) is 5.32 Å². The van der Waals surface area contributed by atoms with Crippen LogP contribution in [-0.2, 0) is 11.3 Å². The van der Waals surface area contributed by atoms with Gasteiger partial charge < -0.3 is 14.8 Å². The van der Waals surface area contributed by atoms with E-state index < -0.39 is 0 Å². The zero-order valence-electron chi connectivity index (χ0n) is 12.3. The molecule has 0 aliphatic heterocycles. The Balaban J connectivity index is 2.49. The summed E-state index contributed by atoms with van der Waals surface area (Å²) in [6.07, 6.45) is 0.753. The molecule has 1 N–H and O–H groups in total. The van der Waals surface area contributed by atoms with Crippen molar-refractivity contribution in [2.45, 2.75) is 39.3 Å². The standard InChI is InChI=1S/C15H24FNO2/c1-15(2,3)17-11-12-6-7-14(13(16)10-12)19-9-5-8-18-4/h6-7,10,17H,5,8-9,11H2,1-4H3. The van der Waals surface area contributed by atoms with Gasteiger partial charge in [0.15, 0.2) is 11.6 Å². The van der Waals surface area contributed by atoms with E-state index in [9.17, 15) is 4.39 Å². The van der Waals surface area contributed by atoms with E-state index in [2.05, 4.69) is 26.1 Å². The van der Waals surface area contributed by atoms with Gasteiger partial charge in [-0.3, -0.25) is 0 Å². The van der Waals surface area contributed by atoms with Gasteiger partial charge in [-0.1, -0.05) is 6.07 Å². The molecule has 0 bridgehead atoms. The normalized spacial score (nSPS) is 11.6. The summed E-state index contributed by atoms with van der Waals surface area (Å²) in [6.45, 7) is 7.97. The van der Waals surface area contributed by atoms with E-state index in [1.165, 1.54) is 6.07 Å². The summed E-state index contributed by atoms with van der Waals surface area (Å²) in [5, 5.41) is 3.32. The number of benzene rings is 1. The van der Waals surface area contributed by atoms with Gasteiger partial charge in [-0.05, 0) is 38.5 Å². The summed E-state index contributed by atoms with van der Waals surface area (Å²) in [5.41, 5.74) is 0.933. The summed E-state index contributed by atoms with van der Waals surface area (Å²) in [7, 11) is 1.64. The lowest BCUT2D eigenvalue weighted by Crippen LogP contribution is -2.35. The van der Waals surface area contributed by atoms with Crippen LogP contribution in [0.4, 0.5) is 4.39 Å². The summed E-state index contributed by atoms with van der Waals surface area (Å²) >= 11 is 0. The predicted octanol–water partition coefficient (Wildman–Crippen LogP) is 3.13. The third-order valence-electron chi connectivity index (χ3n) is 2.57. The maximum atomic E-state index is 13.8. The van der Waals surface area contributed by atoms with E-state index in [4.69, 9.17) is 9.47 Å². The molecule has 0 spiro atoms. The summed E-state index contributed by atoms with van der Waals surface area (Å²) in [4.78, 5) is 0. The minimum atomic E-state index is -0.314. The van der Waals surface area contributed by atoms with Gasteiger partial charge in [0.05, 0.1) is 6.61 Å². The lowest BCUT2D eigenvalue weighted by molar-refractivity contribution is 0.170. The minimum Gasteiger partial charge on any atom is -0.490 e. The number of hydrogen-bond acceptors (Lipinski definition) is 3. The fourth-order valence-corrected chi connectivity index (χ4v) is 1.52. The van der Waals surface area contributed by atoms with E-state index in [1.54, 1.807) is 13.2 Å². The molecule has 0 heterocycles. The molecule has 1 rings (SSSR count). The Labute approximate surface area is 115 Å². The molecule has 0 saturated heterocycles. The molecule has 0 aromatic heterocycles. The van der Waals surface area contributed by atoms with Crippen molar-refractivity contribution < 1.29 is 13.9 Å². The van der Waals surface area contributed by atoms with E-state index in [-0.39, 0.29) is 11.4 Å². The molecule has 0 saturated carbocycles. The average molecular weight is 269 g/mol. The molecule has 19 heavy (non-hydrogen) atoms. The van der Waals surface area contributed by atoms with Crippen LogP contribution >= 0.6 is 0 Å². The fourth-order valence-electron chi connectivity index (χ4n) is 1.52. The molecule has 3 nitrogen and oxygen atoms in total. The van der Waals surface area contributed by atoms with Crippen molar-refractivity contribution in [2.75, 3.05) is 20.3 Å². The quantitative estimate of drug-likeness (QED) is 0.771. The van der Waals surface area contributed by atoms with Crippen LogP contribution in [0.3, 0.4) is 0 Å². The average Bonchev–Trinajstić information content (AvgIpc) is 2.33. The maximum Gasteiger partial charge on any atom is 0.165 e. The molecule has 0 aliphatic rings. The molecule has 0 fully saturated rings. The molecule has 0 radical (unpaired) electrons. The van der Waals surface area contributed by atoms with E-state index in [0.29, 0.717) is 25.5 Å². The lowest BCUT2D eigenvalue weighted by Gasteiger charge is -2.20. The van der Waals surface area contributed by atoms with Gasteiger partial charge in [0.1, 0.15) is 0 Å². The Morgan fingerprint density at radius 3 is 2.53 bits per heavy atom. The number of ether oxygens (including phenoxy) is 2. The third kappa shape index (κ3) is 6.55. The molecular weight excluding hydrogens is 245 g/mol. The molecule has 4 heteroatoms. The van der Waals surface area contributed by atoms with Crippen molar-refractivity contribution >= 4 is 0 Å². The SMILES string of the molecule is COCCCOc1ccc(CNC(C)(C)C)cc1F. The molecule has 0 atom stereocenters. The molecule has 1 aromatic carbocycles. The molecule has 1 aromatic rings. The predicted molar refractivity (Wildman–Crippen MR) is 75.0 cm³/mol. The zero-order valence-corrected chi connectivity index (χ0v) is 12.3. The van der Waals surface area contributed by atoms with Crippen molar-refractivity contribution in [3.8, 4) is 5.75 Å². The summed E-state index contributed by atoms with van der Waals surface area (Å²) < 4.78 is 24.1. The highest BCUT2D eigenvalue weighted by Crippen LogP contribution is 2.19. The van der Waals surface area contributed by atoms with Gasteiger partial charge in [-0.15, -0.1) is 0 Å². The monoisotopic (exact) mass is 269 g/mol. The number of methoxy groups -OCH3 is 1. The van der Waals surface area contributed by atoms with Crippen molar-refractivity contribution in [3.63, 3.8) is 0 Å². The van der Waals surface area contributed by atoms with Crippen LogP contribution in [0, 0.1) is 5.82 Å². The topological polar surface area (TPSA) is 30.5 Å². The molecule has 0 amide bonds. The molecular formula is C15H24FNO2. The highest BCUT2D eigenvalue weighted by Gasteiger charge is 2.10. The van der Waals surface area contributed by atoms with Crippen LogP contribution in [0.2, 0.25) is 0 Å². The first kappa shape index (κ1) is 15.9. The molecule has 0 unspecified atom stereocenters. The van der Waals surface area contributed by atoms with E-state index in [0.717, 1.165) is 12.0 Å². The van der Waals surface area contributed by atoms with Gasteiger partial charge in [0.25, 0.3) is 0 Å². The second-order valence-electron chi connectivity index (χ2n) is 5.56. The van der Waals surface area contributed by atoms with Crippen LogP contribution in [0.1, 0.15) is 32.8 Å². The van der Waals surface area contributed by atoms with Gasteiger partial charge in [-0.2, -0.15) is 0 Å². The first-order chi connectivity index (χ1) is 8.92. The van der Waals surface area contributed by atoms with Crippen molar-refractivity contribution in [1.29, 1.82) is 0 Å². The van der Waals surface area contributed by atoms with Gasteiger partial charge in [0, 0.05) is 32.2 Å². The van der Waals surface area contributed by atoms with Gasteiger partial charge >= 0.3 is 0 Å². The number of hydrogen-bond donors (Lipinski definition) is 1. The van der Waals surface area contributed by atoms with Crippen LogP contribution in [-0.4, -0.2) is 25.9 Å². The smallest absolute Gasteiger partial charge is 0.165 e. The summed E-state index contributed by atoms with van der Waals surface area (Å²) in [5.74, 6) is -0.0127. The van der Waals surface area contributed by atoms with E-state index in [1.807, 2.05) is 6.07 Å². The molecule has 0 aliphatic carbocycles. The van der Waals surface area contributed by atoms with Crippen molar-refractivity contribution in [3.05, 3.63) is 29.6 Å². The highest BCUT2D eigenvalue weighted by molar-refractivity contribution is 5.29. The minimum absolute atomic E-state index is 0.0196. The largest absolute Gasteiger partial charge is 0.490 e. The number of halogens is 1.